The van der Waals surface area contributed by atoms with E-state index < -0.39 is 0 Å². The predicted octanol–water partition coefficient (Wildman–Crippen LogP) is 5.06. The highest BCUT2D eigenvalue weighted by Crippen LogP contribution is 2.39. The van der Waals surface area contributed by atoms with E-state index in [-0.39, 0.29) is 22.5 Å². The van der Waals surface area contributed by atoms with Crippen LogP contribution in [0.25, 0.3) is 0 Å². The third kappa shape index (κ3) is 4.97. The van der Waals surface area contributed by atoms with Crippen LogP contribution in [0.4, 0.5) is 0 Å². The van der Waals surface area contributed by atoms with Gasteiger partial charge in [0.25, 0.3) is 5.91 Å². The third-order valence-corrected chi connectivity index (χ3v) is 4.55. The van der Waals surface area contributed by atoms with Crippen LogP contribution in [0.2, 0.25) is 0 Å². The molecule has 0 saturated heterocycles. The van der Waals surface area contributed by atoms with Crippen LogP contribution >= 0.6 is 0 Å². The Balaban J connectivity index is 2.37. The van der Waals surface area contributed by atoms with E-state index >= 15 is 0 Å². The molecule has 0 aromatic heterocycles. The maximum Gasteiger partial charge on any atom is 0.271 e. The summed E-state index contributed by atoms with van der Waals surface area (Å²) in [4.78, 5) is 12.7. The largest absolute Gasteiger partial charge is 0.507 e. The van der Waals surface area contributed by atoms with Crippen molar-refractivity contribution in [2.75, 3.05) is 0 Å². The fraction of sp³-hybridized carbons (Fsp3) is 0.391. The lowest BCUT2D eigenvalue weighted by molar-refractivity contribution is 0.0955. The second-order valence-electron chi connectivity index (χ2n) is 8.98. The van der Waals surface area contributed by atoms with Crippen LogP contribution in [-0.2, 0) is 10.8 Å². The molecule has 0 unspecified atom stereocenters. The summed E-state index contributed by atoms with van der Waals surface area (Å²) in [5.74, 6) is -0.0363. The van der Waals surface area contributed by atoms with E-state index in [0.29, 0.717) is 5.56 Å². The lowest BCUT2D eigenvalue weighted by Crippen LogP contribution is -2.22. The van der Waals surface area contributed by atoms with Gasteiger partial charge in [0.1, 0.15) is 5.75 Å². The van der Waals surface area contributed by atoms with Gasteiger partial charge in [-0.2, -0.15) is 5.10 Å². The first-order chi connectivity index (χ1) is 12.4. The summed E-state index contributed by atoms with van der Waals surface area (Å²) in [5, 5.41) is 14.9. The SMILES string of the molecule is Cc1ccccc1C=NNC(=O)c1cc(C(C)(C)C)c(O)c(C(C)(C)C)c1. The van der Waals surface area contributed by atoms with Gasteiger partial charge in [-0.1, -0.05) is 65.8 Å². The number of rotatable bonds is 3. The van der Waals surface area contributed by atoms with Gasteiger partial charge in [-0.25, -0.2) is 5.43 Å². The van der Waals surface area contributed by atoms with E-state index in [0.717, 1.165) is 22.3 Å². The van der Waals surface area contributed by atoms with Gasteiger partial charge >= 0.3 is 0 Å². The number of aryl methyl sites for hydroxylation is 1. The van der Waals surface area contributed by atoms with Gasteiger partial charge in [0.15, 0.2) is 0 Å². The Hall–Kier alpha value is -2.62. The summed E-state index contributed by atoms with van der Waals surface area (Å²) in [6.07, 6.45) is 1.64. The summed E-state index contributed by atoms with van der Waals surface area (Å²) in [7, 11) is 0. The summed E-state index contributed by atoms with van der Waals surface area (Å²) in [5.41, 5.74) is 6.06. The molecule has 0 heterocycles. The van der Waals surface area contributed by atoms with E-state index in [2.05, 4.69) is 10.5 Å². The van der Waals surface area contributed by atoms with E-state index in [9.17, 15) is 9.90 Å². The minimum Gasteiger partial charge on any atom is -0.507 e. The number of hydrazone groups is 1. The average Bonchev–Trinajstić information content (AvgIpc) is 2.54. The van der Waals surface area contributed by atoms with Crippen molar-refractivity contribution >= 4 is 12.1 Å². The Kier molecular flexibility index (Phi) is 5.79. The van der Waals surface area contributed by atoms with E-state index in [1.165, 1.54) is 0 Å². The van der Waals surface area contributed by atoms with Gasteiger partial charge in [-0.3, -0.25) is 4.79 Å². The zero-order valence-electron chi connectivity index (χ0n) is 17.3. The molecule has 2 aromatic carbocycles. The van der Waals surface area contributed by atoms with Gasteiger partial charge in [-0.15, -0.1) is 0 Å². The molecular weight excluding hydrogens is 336 g/mol. The zero-order chi connectivity index (χ0) is 20.4. The Morgan fingerprint density at radius 2 is 1.52 bits per heavy atom. The third-order valence-electron chi connectivity index (χ3n) is 4.55. The smallest absolute Gasteiger partial charge is 0.271 e. The average molecular weight is 367 g/mol. The Morgan fingerprint density at radius 3 is 2.00 bits per heavy atom. The molecular formula is C23H30N2O2. The van der Waals surface area contributed by atoms with Crippen molar-refractivity contribution in [3.63, 3.8) is 0 Å². The highest BCUT2D eigenvalue weighted by Gasteiger charge is 2.27. The number of benzene rings is 2. The van der Waals surface area contributed by atoms with E-state index in [1.807, 2.05) is 72.7 Å². The van der Waals surface area contributed by atoms with Crippen LogP contribution in [0.5, 0.6) is 5.75 Å². The van der Waals surface area contributed by atoms with E-state index in [1.54, 1.807) is 18.3 Å². The van der Waals surface area contributed by atoms with Crippen LogP contribution in [0.1, 0.15) is 74.2 Å². The van der Waals surface area contributed by atoms with Crippen LogP contribution in [0, 0.1) is 6.92 Å². The first kappa shape index (κ1) is 20.7. The molecule has 4 heteroatoms. The molecule has 0 saturated carbocycles. The number of carbonyl (C=O) groups excluding carboxylic acids is 1. The number of nitrogens with one attached hydrogen (secondary N) is 1. The Bertz CT molecular complexity index is 834. The Labute approximate surface area is 162 Å². The molecule has 27 heavy (non-hydrogen) atoms. The molecule has 2 rings (SSSR count). The van der Waals surface area contributed by atoms with Crippen LogP contribution in [0.3, 0.4) is 0 Å². The van der Waals surface area contributed by atoms with Crippen molar-refractivity contribution in [1.82, 2.24) is 5.43 Å². The normalized spacial score (nSPS) is 12.4. The first-order valence-corrected chi connectivity index (χ1v) is 9.18. The minimum absolute atomic E-state index is 0.259. The molecule has 2 N–H and O–H groups in total. The maximum absolute atomic E-state index is 12.7. The van der Waals surface area contributed by atoms with Gasteiger partial charge in [0, 0.05) is 16.7 Å². The maximum atomic E-state index is 12.7. The van der Waals surface area contributed by atoms with Crippen molar-refractivity contribution < 1.29 is 9.90 Å². The molecule has 0 aliphatic carbocycles. The number of aromatic hydroxyl groups is 1. The molecule has 1 amide bonds. The van der Waals surface area contributed by atoms with Crippen LogP contribution in [-0.4, -0.2) is 17.2 Å². The quantitative estimate of drug-likeness (QED) is 0.589. The van der Waals surface area contributed by atoms with Crippen LogP contribution in [0.15, 0.2) is 41.5 Å². The summed E-state index contributed by atoms with van der Waals surface area (Å²) in [6, 6.07) is 11.3. The predicted molar refractivity (Wildman–Crippen MR) is 112 cm³/mol. The Morgan fingerprint density at radius 1 is 1.00 bits per heavy atom. The summed E-state index contributed by atoms with van der Waals surface area (Å²) >= 11 is 0. The topological polar surface area (TPSA) is 61.7 Å². The van der Waals surface area contributed by atoms with E-state index in [4.69, 9.17) is 0 Å². The van der Waals surface area contributed by atoms with Crippen molar-refractivity contribution in [2.45, 2.75) is 59.3 Å². The molecule has 0 atom stereocenters. The van der Waals surface area contributed by atoms with Gasteiger partial charge in [0.05, 0.1) is 6.21 Å². The van der Waals surface area contributed by atoms with Crippen molar-refractivity contribution in [2.24, 2.45) is 5.10 Å². The number of phenols is 1. The van der Waals surface area contributed by atoms with Crippen molar-refractivity contribution in [3.05, 3.63) is 64.2 Å². The van der Waals surface area contributed by atoms with Gasteiger partial charge in [-0.05, 0) is 41.0 Å². The molecule has 0 bridgehead atoms. The monoisotopic (exact) mass is 366 g/mol. The molecule has 0 radical (unpaired) electrons. The fourth-order valence-electron chi connectivity index (χ4n) is 2.87. The lowest BCUT2D eigenvalue weighted by atomic mass is 9.78. The lowest BCUT2D eigenvalue weighted by Gasteiger charge is -2.28. The van der Waals surface area contributed by atoms with Gasteiger partial charge < -0.3 is 5.11 Å². The van der Waals surface area contributed by atoms with Crippen LogP contribution < -0.4 is 5.43 Å². The number of hydrogen-bond acceptors (Lipinski definition) is 3. The minimum atomic E-state index is -0.296. The summed E-state index contributed by atoms with van der Waals surface area (Å²) < 4.78 is 0. The second kappa shape index (κ2) is 7.55. The molecule has 0 aliphatic heterocycles. The fourth-order valence-corrected chi connectivity index (χ4v) is 2.87. The highest BCUT2D eigenvalue weighted by molar-refractivity contribution is 5.95. The molecule has 0 fully saturated rings. The number of amides is 1. The molecule has 4 nitrogen and oxygen atoms in total. The standard InChI is InChI=1S/C23H30N2O2/c1-15-10-8-9-11-16(15)14-24-25-21(27)17-12-18(22(2,3)4)20(26)19(13-17)23(5,6)7/h8-14,26H,1-7H3,(H,25,27). The zero-order valence-corrected chi connectivity index (χ0v) is 17.3. The number of hydrogen-bond donors (Lipinski definition) is 2. The second-order valence-corrected chi connectivity index (χ2v) is 8.98. The highest BCUT2D eigenvalue weighted by atomic mass is 16.3. The number of phenolic OH excluding ortho intramolecular Hbond substituents is 1. The first-order valence-electron chi connectivity index (χ1n) is 9.18. The molecule has 0 spiro atoms. The van der Waals surface area contributed by atoms with Gasteiger partial charge in [0.2, 0.25) is 0 Å². The molecule has 144 valence electrons. The molecule has 2 aromatic rings. The van der Waals surface area contributed by atoms with Crippen molar-refractivity contribution in [1.29, 1.82) is 0 Å². The number of nitrogens with zero attached hydrogens (tertiary/aromatic N) is 1. The summed E-state index contributed by atoms with van der Waals surface area (Å²) in [6.45, 7) is 14.1. The molecule has 0 aliphatic rings. The van der Waals surface area contributed by atoms with Crippen molar-refractivity contribution in [3.8, 4) is 5.75 Å². The number of carbonyl (C=O) groups is 1.